The molecular weight excluding hydrogens is 564 g/mol. The van der Waals surface area contributed by atoms with Crippen molar-refractivity contribution in [2.24, 2.45) is 5.73 Å². The number of nitrogens with two attached hydrogens (primary N) is 1. The number of thioether (sulfide) groups is 2. The zero-order valence-electron chi connectivity index (χ0n) is 17.8. The Hall–Kier alpha value is 1.71. The smallest absolute Gasteiger partial charge is 0.139 e. The average Bonchev–Trinajstić information content (AvgIpc) is 2.74. The first-order chi connectivity index (χ1) is 15.8. The van der Waals surface area contributed by atoms with E-state index in [1.165, 1.54) is 0 Å². The van der Waals surface area contributed by atoms with E-state index in [0.717, 1.165) is 11.5 Å². The van der Waals surface area contributed by atoms with E-state index >= 15 is 0 Å². The van der Waals surface area contributed by atoms with Crippen LogP contribution >= 0.6 is 81.5 Å². The summed E-state index contributed by atoms with van der Waals surface area (Å²) in [6.07, 6.45) is -0.732. The third-order valence-electron chi connectivity index (χ3n) is 4.57. The lowest BCUT2D eigenvalue weighted by Crippen LogP contribution is -2.68. The number of hydrogen-bond acceptors (Lipinski definition) is 13. The van der Waals surface area contributed by atoms with Crippen LogP contribution in [0, 0.1) is 0 Å². The van der Waals surface area contributed by atoms with Crippen molar-refractivity contribution in [3.63, 3.8) is 0 Å². The Morgan fingerprint density at radius 1 is 0.688 bits per heavy atom. The van der Waals surface area contributed by atoms with Crippen LogP contribution in [0.15, 0.2) is 0 Å². The molecule has 0 radical (unpaired) electrons. The Bertz CT molecular complexity index is 564. The van der Waals surface area contributed by atoms with Crippen LogP contribution in [0.2, 0.25) is 1.41 Å². The molecule has 0 aromatic rings. The van der Waals surface area contributed by atoms with Gasteiger partial charge in [0.1, 0.15) is 42.0 Å². The highest BCUT2D eigenvalue weighted by Crippen LogP contribution is 2.24. The first-order valence-corrected chi connectivity index (χ1v) is 14.3. The summed E-state index contributed by atoms with van der Waals surface area (Å²) >= 11 is 34.1. The van der Waals surface area contributed by atoms with Gasteiger partial charge in [0, 0.05) is 24.6 Å². The summed E-state index contributed by atoms with van der Waals surface area (Å²) in [4.78, 5) is 0. The second kappa shape index (κ2) is 14.4. The fourth-order valence-corrected chi connectivity index (χ4v) is 6.70. The van der Waals surface area contributed by atoms with Crippen molar-refractivity contribution >= 4 is 81.5 Å². The Morgan fingerprint density at radius 3 is 1.69 bits per heavy atom. The SMILES string of the molecule is [2H]NC1NC(SCCNC2NC(Cl)NC(Cl)N2)NC(SCCNC2NC(Cl)NC(Cl)N2)C1Cl. The first-order valence-electron chi connectivity index (χ1n) is 10.5. The van der Waals surface area contributed by atoms with Gasteiger partial charge in [0.25, 0.3) is 0 Å². The van der Waals surface area contributed by atoms with E-state index in [4.69, 9.17) is 59.4 Å². The molecule has 3 aliphatic rings. The molecule has 18 heteroatoms. The Morgan fingerprint density at radius 2 is 1.19 bits per heavy atom. The van der Waals surface area contributed by atoms with E-state index < -0.39 is 22.5 Å². The van der Waals surface area contributed by atoms with Crippen LogP contribution in [0.4, 0.5) is 0 Å². The van der Waals surface area contributed by atoms with Crippen LogP contribution in [-0.2, 0) is 0 Å². The van der Waals surface area contributed by atoms with E-state index in [-0.39, 0.29) is 35.0 Å². The Balaban J connectivity index is 1.35. The van der Waals surface area contributed by atoms with E-state index in [1.54, 1.807) is 23.5 Å². The lowest BCUT2D eigenvalue weighted by molar-refractivity contribution is 0.255. The molecule has 0 amide bonds. The Kier molecular flexibility index (Phi) is 12.1. The highest BCUT2D eigenvalue weighted by atomic mass is 35.5. The van der Waals surface area contributed by atoms with Crippen LogP contribution in [0.5, 0.6) is 0 Å². The third kappa shape index (κ3) is 9.64. The van der Waals surface area contributed by atoms with Crippen molar-refractivity contribution in [1.82, 2.24) is 53.2 Å². The minimum atomic E-state index is -0.414. The van der Waals surface area contributed by atoms with Gasteiger partial charge in [-0.05, 0) is 0 Å². The van der Waals surface area contributed by atoms with Crippen molar-refractivity contribution in [2.75, 3.05) is 24.6 Å². The van der Waals surface area contributed by atoms with Gasteiger partial charge in [-0.2, -0.15) is 0 Å². The summed E-state index contributed by atoms with van der Waals surface area (Å²) < 4.78 is 7.61. The molecule has 0 aromatic heterocycles. The monoisotopic (exact) mass is 592 g/mol. The lowest BCUT2D eigenvalue weighted by atomic mass is 10.3. The van der Waals surface area contributed by atoms with Gasteiger partial charge in [-0.3, -0.25) is 53.2 Å². The highest BCUT2D eigenvalue weighted by molar-refractivity contribution is 8.00. The van der Waals surface area contributed by atoms with Gasteiger partial charge in [0.15, 0.2) is 0 Å². The molecule has 12 N–H and O–H groups in total. The summed E-state index contributed by atoms with van der Waals surface area (Å²) in [5.74, 6) is 1.60. The molecule has 0 aliphatic carbocycles. The number of hydrogen-bond donors (Lipinski definition) is 11. The largest absolute Gasteiger partial charge is 0.315 e. The third-order valence-corrected chi connectivity index (χ3v) is 8.51. The predicted molar refractivity (Wildman–Crippen MR) is 137 cm³/mol. The molecule has 3 saturated heterocycles. The maximum atomic E-state index is 7.61. The summed E-state index contributed by atoms with van der Waals surface area (Å²) in [6.45, 7) is 1.42. The molecule has 188 valence electrons. The van der Waals surface area contributed by atoms with Gasteiger partial charge in [-0.15, -0.1) is 35.1 Å². The molecular formula is C14H30Cl5N11S2. The first kappa shape index (κ1) is 26.8. The van der Waals surface area contributed by atoms with Gasteiger partial charge in [-0.1, -0.05) is 46.4 Å². The Labute approximate surface area is 223 Å². The van der Waals surface area contributed by atoms with Crippen LogP contribution in [-0.4, -0.2) is 82.1 Å². The van der Waals surface area contributed by atoms with Crippen LogP contribution < -0.4 is 58.9 Å². The van der Waals surface area contributed by atoms with Gasteiger partial charge < -0.3 is 5.73 Å². The minimum absolute atomic E-state index is 0.0414. The lowest BCUT2D eigenvalue weighted by Gasteiger charge is -2.39. The molecule has 8 atom stereocenters. The minimum Gasteiger partial charge on any atom is -0.315 e. The summed E-state index contributed by atoms with van der Waals surface area (Å²) in [5, 5.41) is 31.2. The standard InChI is InChI=1S/C14H30Cl5N11S2/c15-5-6(20)23-14(32-4-2-22-13-29-10(18)26-11(19)30-13)24-7(5)31-3-1-21-12-27-8(16)25-9(17)28-12/h5-14,21-30H,1-4,20H2/i/hD. The average molecular weight is 595 g/mol. The predicted octanol–water partition coefficient (Wildman–Crippen LogP) is -1.45. The molecule has 0 aromatic carbocycles. The van der Waals surface area contributed by atoms with Crippen LogP contribution in [0.1, 0.15) is 0 Å². The maximum Gasteiger partial charge on any atom is 0.139 e. The van der Waals surface area contributed by atoms with Crippen LogP contribution in [0.3, 0.4) is 0 Å². The molecule has 8 unspecified atom stereocenters. The fraction of sp³-hybridized carbons (Fsp3) is 1.00. The van der Waals surface area contributed by atoms with Gasteiger partial charge in [0.2, 0.25) is 0 Å². The van der Waals surface area contributed by atoms with E-state index in [2.05, 4.69) is 58.9 Å². The van der Waals surface area contributed by atoms with Crippen molar-refractivity contribution < 1.29 is 1.41 Å². The number of alkyl halides is 5. The molecule has 0 bridgehead atoms. The van der Waals surface area contributed by atoms with Gasteiger partial charge >= 0.3 is 0 Å². The highest BCUT2D eigenvalue weighted by Gasteiger charge is 2.34. The quantitative estimate of drug-likeness (QED) is 0.0771. The summed E-state index contributed by atoms with van der Waals surface area (Å²) in [5.41, 5.74) is 0.801. The molecule has 3 heterocycles. The second-order valence-electron chi connectivity index (χ2n) is 7.02. The number of rotatable bonds is 11. The molecule has 0 spiro atoms. The van der Waals surface area contributed by atoms with Crippen molar-refractivity contribution in [1.29, 1.82) is 0 Å². The van der Waals surface area contributed by atoms with Crippen molar-refractivity contribution in [2.45, 2.75) is 57.5 Å². The molecule has 3 aliphatic heterocycles. The number of nitrogens with one attached hydrogen (secondary N) is 10. The van der Waals surface area contributed by atoms with E-state index in [9.17, 15) is 0 Å². The van der Waals surface area contributed by atoms with E-state index in [0.29, 0.717) is 13.1 Å². The second-order valence-corrected chi connectivity index (χ2v) is 11.7. The maximum absolute atomic E-state index is 7.61. The summed E-state index contributed by atoms with van der Waals surface area (Å²) in [7, 11) is 0. The molecule has 11 nitrogen and oxygen atoms in total. The normalized spacial score (nSPS) is 43.7. The van der Waals surface area contributed by atoms with Gasteiger partial charge in [0.05, 0.1) is 16.9 Å². The van der Waals surface area contributed by atoms with Crippen molar-refractivity contribution in [3.8, 4) is 0 Å². The van der Waals surface area contributed by atoms with Crippen LogP contribution in [0.25, 0.3) is 0 Å². The molecule has 3 fully saturated rings. The zero-order valence-corrected chi connectivity index (χ0v) is 22.2. The number of halogens is 5. The van der Waals surface area contributed by atoms with Crippen molar-refractivity contribution in [3.05, 3.63) is 0 Å². The molecule has 0 saturated carbocycles. The topological polar surface area (TPSA) is 146 Å². The summed E-state index contributed by atoms with van der Waals surface area (Å²) in [6, 6.07) is 0. The molecule has 32 heavy (non-hydrogen) atoms. The molecule has 3 rings (SSSR count). The van der Waals surface area contributed by atoms with Gasteiger partial charge in [-0.25, -0.2) is 0 Å². The van der Waals surface area contributed by atoms with E-state index in [1.807, 2.05) is 0 Å². The fourth-order valence-electron chi connectivity index (χ4n) is 3.09. The zero-order chi connectivity index (χ0) is 23.8.